The summed E-state index contributed by atoms with van der Waals surface area (Å²) in [7, 11) is -13.0. The van der Waals surface area contributed by atoms with Crippen LogP contribution < -0.4 is 0 Å². The molecule has 0 spiro atoms. The number of hydrogen-bond donors (Lipinski definition) is 5. The lowest BCUT2D eigenvalue weighted by atomic mass is 10.3. The summed E-state index contributed by atoms with van der Waals surface area (Å²) < 4.78 is 58.2. The molecule has 2 unspecified atom stereocenters. The minimum Gasteiger partial charge on any atom is -0.462 e. The molecule has 2 atom stereocenters. The van der Waals surface area contributed by atoms with Crippen molar-refractivity contribution in [3.8, 4) is 0 Å². The molecule has 0 amide bonds. The Morgan fingerprint density at radius 3 is 1.69 bits per heavy atom. The van der Waals surface area contributed by atoms with Gasteiger partial charge in [-0.15, -0.1) is 0 Å². The van der Waals surface area contributed by atoms with Gasteiger partial charge in [0.15, 0.2) is 6.10 Å². The third-order valence-corrected chi connectivity index (χ3v) is 9.21. The quantitative estimate of drug-likeness (QED) is 0.131. The maximum absolute atomic E-state index is 12.1. The van der Waals surface area contributed by atoms with Crippen LogP contribution in [0.4, 0.5) is 0 Å². The van der Waals surface area contributed by atoms with Gasteiger partial charge in [-0.25, -0.2) is 4.57 Å². The van der Waals surface area contributed by atoms with Gasteiger partial charge in [-0.05, 0) is 12.8 Å². The van der Waals surface area contributed by atoms with Gasteiger partial charge >= 0.3 is 35.0 Å². The lowest BCUT2D eigenvalue weighted by Crippen LogP contribution is -2.29. The summed E-state index contributed by atoms with van der Waals surface area (Å²) in [5, 5.41) is 5.92. The van der Waals surface area contributed by atoms with Crippen LogP contribution in [0.15, 0.2) is 0 Å². The van der Waals surface area contributed by atoms with Crippen LogP contribution in [0.3, 0.4) is 0 Å². The van der Waals surface area contributed by atoms with E-state index in [0.717, 1.165) is 0 Å². The van der Waals surface area contributed by atoms with Gasteiger partial charge in [0.05, 0.1) is 13.2 Å². The first-order valence-electron chi connectivity index (χ1n) is 10.6. The summed E-state index contributed by atoms with van der Waals surface area (Å²) >= 11 is 0. The molecule has 0 radical (unpaired) electrons. The molecule has 0 aromatic rings. The fraction of sp³-hybridized carbons (Fsp3) is 0.882. The fourth-order valence-corrected chi connectivity index (χ4v) is 5.42. The Morgan fingerprint density at radius 1 is 0.829 bits per heavy atom. The Morgan fingerprint density at radius 2 is 1.34 bits per heavy atom. The second-order valence-corrected chi connectivity index (χ2v) is 12.7. The van der Waals surface area contributed by atoms with Crippen molar-refractivity contribution in [3.63, 3.8) is 0 Å². The Bertz CT molecular complexity index is 753. The third-order valence-electron chi connectivity index (χ3n) is 3.92. The van der Waals surface area contributed by atoms with Crippen molar-refractivity contribution >= 4 is 35.0 Å². The van der Waals surface area contributed by atoms with Crippen LogP contribution in [-0.2, 0) is 46.3 Å². The van der Waals surface area contributed by atoms with Crippen molar-refractivity contribution in [1.29, 1.82) is 0 Å². The number of esters is 2. The summed E-state index contributed by atoms with van der Waals surface area (Å²) in [6.07, 6.45) is -0.484. The number of hydrogen-bond acceptors (Lipinski definition) is 11. The van der Waals surface area contributed by atoms with Crippen molar-refractivity contribution in [1.82, 2.24) is 0 Å². The minimum absolute atomic E-state index is 0.0483. The number of rotatable bonds is 16. The van der Waals surface area contributed by atoms with Crippen molar-refractivity contribution in [2.24, 2.45) is 0 Å². The highest BCUT2D eigenvalue weighted by molar-refractivity contribution is 7.72. The lowest BCUT2D eigenvalue weighted by molar-refractivity contribution is -0.160. The van der Waals surface area contributed by atoms with Gasteiger partial charge in [0.1, 0.15) is 6.61 Å². The van der Waals surface area contributed by atoms with Gasteiger partial charge in [-0.1, -0.05) is 34.1 Å². The Balaban J connectivity index is 0. The maximum atomic E-state index is 12.1. The average molecular weight is 574 g/mol. The predicted octanol–water partition coefficient (Wildman–Crippen LogP) is 2.25. The van der Waals surface area contributed by atoms with E-state index in [1.54, 1.807) is 13.8 Å². The molecule has 0 aliphatic carbocycles. The zero-order valence-electron chi connectivity index (χ0n) is 20.4. The smallest absolute Gasteiger partial charge is 0.462 e. The first kappa shape index (κ1) is 36.5. The number of phosphoric acid groups is 1. The number of carbonyl (C=O) groups is 2. The second-order valence-electron chi connectivity index (χ2n) is 6.87. The first-order chi connectivity index (χ1) is 16.0. The van der Waals surface area contributed by atoms with Crippen LogP contribution >= 0.6 is 23.0 Å². The van der Waals surface area contributed by atoms with Gasteiger partial charge in [-0.2, -0.15) is 0 Å². The van der Waals surface area contributed by atoms with E-state index in [2.05, 4.69) is 0 Å². The van der Waals surface area contributed by atoms with Crippen LogP contribution in [-0.4, -0.2) is 74.7 Å². The van der Waals surface area contributed by atoms with E-state index in [1.165, 1.54) is 14.0 Å². The number of carbonyl (C=O) groups excluding carboxylic acids is 2. The van der Waals surface area contributed by atoms with Gasteiger partial charge in [0, 0.05) is 20.0 Å². The monoisotopic (exact) mass is 574 g/mol. The van der Waals surface area contributed by atoms with E-state index in [-0.39, 0.29) is 39.1 Å². The Kier molecular flexibility index (Phi) is 17.6. The Hall–Kier alpha value is -0.690. The standard InChI is InChI=1S/C13H25O8P.C4H12O7P2/c1-5-8-19-22(16,17-4)20-10-11(21-13(15)7-3)9-18-12(14)6-2;1-2-3-4(5,12(6,7)8)13(9,10)11/h11H,5-10H2,1-4H3;5H,2-3H2,1H3,(H2,6,7,8)(H2,9,10,11). The topological polar surface area (TPSA) is 233 Å². The van der Waals surface area contributed by atoms with Crippen LogP contribution in [0.2, 0.25) is 0 Å². The molecule has 35 heavy (non-hydrogen) atoms. The molecule has 0 aliphatic rings. The Labute approximate surface area is 204 Å². The van der Waals surface area contributed by atoms with E-state index >= 15 is 0 Å². The first-order valence-corrected chi connectivity index (χ1v) is 15.3. The number of phosphoric ester groups is 1. The molecule has 0 rings (SSSR count). The van der Waals surface area contributed by atoms with Gasteiger partial charge in [0.2, 0.25) is 0 Å². The van der Waals surface area contributed by atoms with E-state index in [9.17, 15) is 23.3 Å². The summed E-state index contributed by atoms with van der Waals surface area (Å²) in [5.41, 5.74) is 0. The number of ether oxygens (including phenoxy) is 2. The molecule has 0 fully saturated rings. The highest BCUT2D eigenvalue weighted by Crippen LogP contribution is 2.69. The van der Waals surface area contributed by atoms with Crippen LogP contribution in [0.1, 0.15) is 59.8 Å². The van der Waals surface area contributed by atoms with Crippen LogP contribution in [0, 0.1) is 0 Å². The van der Waals surface area contributed by atoms with Crippen LogP contribution in [0.5, 0.6) is 0 Å². The second kappa shape index (κ2) is 16.9. The average Bonchev–Trinajstić information content (AvgIpc) is 2.78. The van der Waals surface area contributed by atoms with Gasteiger partial charge in [-0.3, -0.25) is 32.3 Å². The van der Waals surface area contributed by atoms with Crippen molar-refractivity contribution in [2.75, 3.05) is 26.9 Å². The van der Waals surface area contributed by atoms with Crippen molar-refractivity contribution in [3.05, 3.63) is 0 Å². The minimum atomic E-state index is -5.23. The molecular formula is C17H37O15P3. The third kappa shape index (κ3) is 14.0. The zero-order valence-corrected chi connectivity index (χ0v) is 23.1. The molecule has 0 aliphatic heterocycles. The predicted molar refractivity (Wildman–Crippen MR) is 122 cm³/mol. The van der Waals surface area contributed by atoms with E-state index in [4.69, 9.17) is 47.7 Å². The summed E-state index contributed by atoms with van der Waals surface area (Å²) in [6, 6.07) is 0. The van der Waals surface area contributed by atoms with Crippen molar-refractivity contribution < 1.29 is 71.0 Å². The molecule has 0 aromatic heterocycles. The van der Waals surface area contributed by atoms with E-state index in [0.29, 0.717) is 6.42 Å². The largest absolute Gasteiger partial charge is 0.474 e. The molecule has 0 heterocycles. The normalized spacial score (nSPS) is 14.8. The molecule has 0 saturated heterocycles. The highest BCUT2D eigenvalue weighted by Gasteiger charge is 2.58. The van der Waals surface area contributed by atoms with Gasteiger partial charge in [0.25, 0.3) is 5.08 Å². The number of aliphatic hydroxyl groups is 1. The van der Waals surface area contributed by atoms with Gasteiger partial charge < -0.3 is 34.2 Å². The van der Waals surface area contributed by atoms with Crippen molar-refractivity contribution in [2.45, 2.75) is 71.0 Å². The summed E-state index contributed by atoms with van der Waals surface area (Å²) in [5.74, 6) is -0.919. The summed E-state index contributed by atoms with van der Waals surface area (Å²) in [6.45, 7) is 6.31. The molecule has 15 nitrogen and oxygen atoms in total. The maximum Gasteiger partial charge on any atom is 0.474 e. The van der Waals surface area contributed by atoms with Crippen LogP contribution in [0.25, 0.3) is 0 Å². The van der Waals surface area contributed by atoms with E-state index < -0.39 is 52.6 Å². The fourth-order valence-electron chi connectivity index (χ4n) is 1.99. The molecule has 18 heteroatoms. The highest BCUT2D eigenvalue weighted by atomic mass is 31.2. The van der Waals surface area contributed by atoms with E-state index in [1.807, 2.05) is 6.92 Å². The molecule has 0 saturated carbocycles. The molecule has 210 valence electrons. The zero-order chi connectivity index (χ0) is 27.9. The SMILES string of the molecule is CCCC(O)(P(=O)(O)O)P(=O)(O)O.CCCOP(=O)(OC)OCC(COC(=O)CC)OC(=O)CC. The molecule has 0 bridgehead atoms. The summed E-state index contributed by atoms with van der Waals surface area (Å²) in [4.78, 5) is 56.8. The molecular weight excluding hydrogens is 537 g/mol. The molecule has 5 N–H and O–H groups in total. The molecule has 0 aromatic carbocycles. The lowest BCUT2D eigenvalue weighted by Gasteiger charge is -2.28.